The van der Waals surface area contributed by atoms with Gasteiger partial charge in [0.2, 0.25) is 0 Å². The molecule has 2 rings (SSSR count). The summed E-state index contributed by atoms with van der Waals surface area (Å²) in [6.45, 7) is 6.37. The van der Waals surface area contributed by atoms with E-state index < -0.39 is 6.10 Å². The zero-order chi connectivity index (χ0) is 18.2. The summed E-state index contributed by atoms with van der Waals surface area (Å²) >= 11 is 7.80. The highest BCUT2D eigenvalue weighted by Gasteiger charge is 2.14. The maximum absolute atomic E-state index is 12.1. The van der Waals surface area contributed by atoms with E-state index in [0.717, 1.165) is 17.1 Å². The van der Waals surface area contributed by atoms with E-state index in [1.165, 1.54) is 11.1 Å². The molecule has 1 amide bonds. The van der Waals surface area contributed by atoms with Crippen molar-refractivity contribution >= 4 is 29.3 Å². The van der Waals surface area contributed by atoms with Crippen LogP contribution in [0.25, 0.3) is 0 Å². The molecule has 0 spiro atoms. The predicted molar refractivity (Wildman–Crippen MR) is 107 cm³/mol. The molecule has 3 nitrogen and oxygen atoms in total. The maximum Gasteiger partial charge on any atom is 0.260 e. The molecule has 0 saturated heterocycles. The molecule has 0 aromatic heterocycles. The molecule has 0 bridgehead atoms. The highest BCUT2D eigenvalue weighted by atomic mass is 35.5. The molecule has 134 valence electrons. The molecule has 0 radical (unpaired) electrons. The van der Waals surface area contributed by atoms with Gasteiger partial charge in [-0.25, -0.2) is 0 Å². The Bertz CT molecular complexity index is 703. The van der Waals surface area contributed by atoms with Crippen molar-refractivity contribution in [2.45, 2.75) is 32.6 Å². The van der Waals surface area contributed by atoms with Gasteiger partial charge in [0.1, 0.15) is 5.75 Å². The highest BCUT2D eigenvalue weighted by molar-refractivity contribution is 7.98. The Labute approximate surface area is 159 Å². The molecule has 0 aliphatic heterocycles. The lowest BCUT2D eigenvalue weighted by Gasteiger charge is -2.15. The molecule has 0 unspecified atom stereocenters. The van der Waals surface area contributed by atoms with Gasteiger partial charge in [0.05, 0.1) is 0 Å². The number of ether oxygens (including phenoxy) is 1. The van der Waals surface area contributed by atoms with Crippen LogP contribution in [-0.2, 0) is 10.5 Å². The van der Waals surface area contributed by atoms with E-state index in [1.54, 1.807) is 30.8 Å². The smallest absolute Gasteiger partial charge is 0.260 e. The van der Waals surface area contributed by atoms with Crippen LogP contribution in [0.2, 0.25) is 5.02 Å². The number of nitrogens with one attached hydrogen (secondary N) is 1. The third-order valence-corrected chi connectivity index (χ3v) is 5.20. The molecule has 25 heavy (non-hydrogen) atoms. The fourth-order valence-corrected chi connectivity index (χ4v) is 3.15. The Balaban J connectivity index is 1.67. The number of carbonyl (C=O) groups is 1. The quantitative estimate of drug-likeness (QED) is 0.673. The summed E-state index contributed by atoms with van der Waals surface area (Å²) in [7, 11) is 0. The topological polar surface area (TPSA) is 38.3 Å². The van der Waals surface area contributed by atoms with E-state index in [1.807, 2.05) is 13.0 Å². The van der Waals surface area contributed by atoms with Crippen LogP contribution in [0.3, 0.4) is 0 Å². The van der Waals surface area contributed by atoms with E-state index in [2.05, 4.69) is 36.5 Å². The van der Waals surface area contributed by atoms with E-state index in [0.29, 0.717) is 17.3 Å². The Hall–Kier alpha value is -1.65. The van der Waals surface area contributed by atoms with Gasteiger partial charge in [-0.2, -0.15) is 11.8 Å². The molecule has 2 aromatic rings. The van der Waals surface area contributed by atoms with Gasteiger partial charge >= 0.3 is 0 Å². The molecule has 0 fully saturated rings. The van der Waals surface area contributed by atoms with Crippen LogP contribution < -0.4 is 10.1 Å². The lowest BCUT2D eigenvalue weighted by atomic mass is 10.2. The van der Waals surface area contributed by atoms with E-state index in [4.69, 9.17) is 16.3 Å². The van der Waals surface area contributed by atoms with Crippen molar-refractivity contribution in [1.29, 1.82) is 0 Å². The fraction of sp³-hybridized carbons (Fsp3) is 0.350. The van der Waals surface area contributed by atoms with Crippen molar-refractivity contribution in [3.63, 3.8) is 0 Å². The number of thioether (sulfide) groups is 1. The molecule has 0 aliphatic rings. The Kier molecular flexibility index (Phi) is 7.66. The lowest BCUT2D eigenvalue weighted by Crippen LogP contribution is -2.37. The number of halogens is 1. The first-order valence-electron chi connectivity index (χ1n) is 8.29. The number of carbonyl (C=O) groups excluding carboxylic acids is 1. The van der Waals surface area contributed by atoms with E-state index >= 15 is 0 Å². The van der Waals surface area contributed by atoms with Gasteiger partial charge in [-0.15, -0.1) is 0 Å². The summed E-state index contributed by atoms with van der Waals surface area (Å²) in [5.41, 5.74) is 3.50. The second-order valence-electron chi connectivity index (χ2n) is 6.00. The van der Waals surface area contributed by atoms with Crippen LogP contribution >= 0.6 is 23.4 Å². The first-order valence-corrected chi connectivity index (χ1v) is 9.83. The molecule has 0 aliphatic carbocycles. The maximum atomic E-state index is 12.1. The number of rotatable bonds is 8. The van der Waals surface area contributed by atoms with Gasteiger partial charge in [-0.05, 0) is 50.1 Å². The van der Waals surface area contributed by atoms with Crippen LogP contribution in [0.4, 0.5) is 0 Å². The summed E-state index contributed by atoms with van der Waals surface area (Å²) in [5, 5.41) is 3.60. The van der Waals surface area contributed by atoms with Gasteiger partial charge in [-0.3, -0.25) is 4.79 Å². The molecule has 1 atom stereocenters. The van der Waals surface area contributed by atoms with Gasteiger partial charge in [0.15, 0.2) is 6.10 Å². The average Bonchev–Trinajstić information content (AvgIpc) is 2.59. The van der Waals surface area contributed by atoms with Crippen LogP contribution in [0.15, 0.2) is 42.5 Å². The van der Waals surface area contributed by atoms with Crippen LogP contribution in [-0.4, -0.2) is 24.3 Å². The van der Waals surface area contributed by atoms with Crippen LogP contribution in [0.1, 0.15) is 23.6 Å². The molecular weight excluding hydrogens is 354 g/mol. The first-order chi connectivity index (χ1) is 12.0. The molecule has 0 saturated carbocycles. The van der Waals surface area contributed by atoms with Crippen molar-refractivity contribution in [3.05, 3.63) is 64.2 Å². The minimum Gasteiger partial charge on any atom is -0.481 e. The van der Waals surface area contributed by atoms with Crippen LogP contribution in [0.5, 0.6) is 5.75 Å². The van der Waals surface area contributed by atoms with Crippen molar-refractivity contribution in [3.8, 4) is 5.75 Å². The molecule has 1 N–H and O–H groups in total. The predicted octanol–water partition coefficient (Wildman–Crippen LogP) is 4.77. The monoisotopic (exact) mass is 377 g/mol. The van der Waals surface area contributed by atoms with Crippen molar-refractivity contribution in [1.82, 2.24) is 5.32 Å². The Morgan fingerprint density at radius 2 is 1.92 bits per heavy atom. The van der Waals surface area contributed by atoms with Crippen molar-refractivity contribution in [2.75, 3.05) is 12.3 Å². The minimum absolute atomic E-state index is 0.108. The largest absolute Gasteiger partial charge is 0.481 e. The third-order valence-electron chi connectivity index (χ3n) is 3.75. The second kappa shape index (κ2) is 9.73. The normalized spacial score (nSPS) is 11.8. The van der Waals surface area contributed by atoms with Gasteiger partial charge in [0.25, 0.3) is 5.91 Å². The summed E-state index contributed by atoms with van der Waals surface area (Å²) in [6, 6.07) is 13.9. The van der Waals surface area contributed by atoms with Gasteiger partial charge in [-0.1, -0.05) is 41.4 Å². The summed E-state index contributed by atoms with van der Waals surface area (Å²) in [6.07, 6.45) is -0.539. The molecule has 2 aromatic carbocycles. The van der Waals surface area contributed by atoms with Crippen molar-refractivity contribution < 1.29 is 9.53 Å². The number of hydrogen-bond donors (Lipinski definition) is 1. The molecule has 0 heterocycles. The van der Waals surface area contributed by atoms with E-state index in [-0.39, 0.29) is 5.91 Å². The number of hydrogen-bond acceptors (Lipinski definition) is 3. The number of benzene rings is 2. The first kappa shape index (κ1) is 19.7. The lowest BCUT2D eigenvalue weighted by molar-refractivity contribution is -0.127. The summed E-state index contributed by atoms with van der Waals surface area (Å²) in [5.74, 6) is 2.36. The SMILES string of the molecule is Cc1ccc(CSCCNC(=O)[C@@H](C)Oc2ccc(Cl)c(C)c2)cc1. The third kappa shape index (κ3) is 6.63. The van der Waals surface area contributed by atoms with Crippen molar-refractivity contribution in [2.24, 2.45) is 0 Å². The summed E-state index contributed by atoms with van der Waals surface area (Å²) < 4.78 is 5.67. The second-order valence-corrected chi connectivity index (χ2v) is 7.51. The van der Waals surface area contributed by atoms with E-state index in [9.17, 15) is 4.79 Å². The van der Waals surface area contributed by atoms with Gasteiger partial charge < -0.3 is 10.1 Å². The standard InChI is InChI=1S/C20H24ClNO2S/c1-14-4-6-17(7-5-14)13-25-11-10-22-20(23)16(3)24-18-8-9-19(21)15(2)12-18/h4-9,12,16H,10-11,13H2,1-3H3,(H,22,23)/t16-/m1/s1. The summed E-state index contributed by atoms with van der Waals surface area (Å²) in [4.78, 5) is 12.1. The zero-order valence-corrected chi connectivity index (χ0v) is 16.4. The molecular formula is C20H24ClNO2S. The number of aryl methyl sites for hydroxylation is 2. The Morgan fingerprint density at radius 1 is 1.20 bits per heavy atom. The minimum atomic E-state index is -0.539. The molecule has 5 heteroatoms. The highest BCUT2D eigenvalue weighted by Crippen LogP contribution is 2.21. The van der Waals surface area contributed by atoms with Crippen LogP contribution in [0, 0.1) is 13.8 Å². The average molecular weight is 378 g/mol. The number of amides is 1. The zero-order valence-electron chi connectivity index (χ0n) is 14.8. The fourth-order valence-electron chi connectivity index (χ4n) is 2.21. The van der Waals surface area contributed by atoms with Gasteiger partial charge in [0, 0.05) is 23.1 Å². The Morgan fingerprint density at radius 3 is 2.60 bits per heavy atom.